The summed E-state index contributed by atoms with van der Waals surface area (Å²) in [7, 11) is 0. The summed E-state index contributed by atoms with van der Waals surface area (Å²) >= 11 is 6.20. The molecule has 5 nitrogen and oxygen atoms in total. The van der Waals surface area contributed by atoms with E-state index in [1.165, 1.54) is 4.68 Å². The highest BCUT2D eigenvalue weighted by molar-refractivity contribution is 6.33. The predicted molar refractivity (Wildman–Crippen MR) is 73.5 cm³/mol. The highest BCUT2D eigenvalue weighted by Gasteiger charge is 2.31. The molecule has 0 atom stereocenters. The minimum Gasteiger partial charge on any atom is -0.361 e. The van der Waals surface area contributed by atoms with Gasteiger partial charge in [0.2, 0.25) is 0 Å². The third-order valence-corrected chi connectivity index (χ3v) is 3.71. The molecule has 0 saturated carbocycles. The van der Waals surface area contributed by atoms with Gasteiger partial charge in [0.1, 0.15) is 5.02 Å². The van der Waals surface area contributed by atoms with Gasteiger partial charge in [-0.15, -0.1) is 0 Å². The summed E-state index contributed by atoms with van der Waals surface area (Å²) in [5.41, 5.74) is 0.442. The van der Waals surface area contributed by atoms with E-state index in [1.54, 1.807) is 6.20 Å². The molecule has 0 unspecified atom stereocenters. The van der Waals surface area contributed by atoms with Crippen molar-refractivity contribution in [1.82, 2.24) is 15.1 Å². The van der Waals surface area contributed by atoms with Crippen molar-refractivity contribution in [2.45, 2.75) is 32.9 Å². The second-order valence-electron chi connectivity index (χ2n) is 5.11. The molecular formula is C12H19ClN4O. The zero-order chi connectivity index (χ0) is 13.3. The third kappa shape index (κ3) is 2.24. The molecule has 2 heterocycles. The number of hydrogen-bond donors (Lipinski definition) is 1. The molecule has 1 aromatic heterocycles. The van der Waals surface area contributed by atoms with Crippen molar-refractivity contribution < 1.29 is 0 Å². The van der Waals surface area contributed by atoms with Crippen molar-refractivity contribution in [2.75, 3.05) is 24.5 Å². The Kier molecular flexibility index (Phi) is 3.64. The van der Waals surface area contributed by atoms with Gasteiger partial charge >= 0.3 is 0 Å². The van der Waals surface area contributed by atoms with E-state index in [1.807, 2.05) is 6.92 Å². The van der Waals surface area contributed by atoms with Crippen molar-refractivity contribution in [1.29, 1.82) is 0 Å². The van der Waals surface area contributed by atoms with Gasteiger partial charge in [-0.25, -0.2) is 4.68 Å². The van der Waals surface area contributed by atoms with E-state index in [2.05, 4.69) is 29.2 Å². The van der Waals surface area contributed by atoms with Crippen molar-refractivity contribution in [3.8, 4) is 0 Å². The van der Waals surface area contributed by atoms with Crippen LogP contribution in [0.2, 0.25) is 5.02 Å². The Labute approximate surface area is 112 Å². The Hall–Kier alpha value is -1.07. The Morgan fingerprint density at radius 1 is 1.56 bits per heavy atom. The van der Waals surface area contributed by atoms with Gasteiger partial charge in [0.05, 0.1) is 11.9 Å². The SMILES string of the molecule is CCn1ncc(N2CCNCC2(C)C)c(Cl)c1=O. The third-order valence-electron chi connectivity index (χ3n) is 3.36. The second-order valence-corrected chi connectivity index (χ2v) is 5.48. The smallest absolute Gasteiger partial charge is 0.287 e. The zero-order valence-electron chi connectivity index (χ0n) is 11.0. The van der Waals surface area contributed by atoms with Crippen LogP contribution in [0, 0.1) is 0 Å². The zero-order valence-corrected chi connectivity index (χ0v) is 11.8. The fraction of sp³-hybridized carbons (Fsp3) is 0.667. The monoisotopic (exact) mass is 270 g/mol. The van der Waals surface area contributed by atoms with Crippen LogP contribution >= 0.6 is 11.6 Å². The number of aryl methyl sites for hydroxylation is 1. The van der Waals surface area contributed by atoms with Crippen molar-refractivity contribution in [3.63, 3.8) is 0 Å². The standard InChI is InChI=1S/C12H19ClN4O/c1-4-17-11(18)10(13)9(7-15-17)16-6-5-14-8-12(16,2)3/h7,14H,4-6,8H2,1-3H3. The molecule has 0 radical (unpaired) electrons. The van der Waals surface area contributed by atoms with E-state index in [9.17, 15) is 4.79 Å². The maximum Gasteiger partial charge on any atom is 0.287 e. The average Bonchev–Trinajstić information content (AvgIpc) is 2.33. The number of halogens is 1. The number of piperazine rings is 1. The topological polar surface area (TPSA) is 50.2 Å². The minimum absolute atomic E-state index is 0.0750. The summed E-state index contributed by atoms with van der Waals surface area (Å²) in [6, 6.07) is 0. The van der Waals surface area contributed by atoms with Crippen LogP contribution in [-0.4, -0.2) is 35.0 Å². The molecule has 0 bridgehead atoms. The molecule has 0 aromatic carbocycles. The van der Waals surface area contributed by atoms with E-state index in [4.69, 9.17) is 11.6 Å². The molecule has 1 fully saturated rings. The van der Waals surface area contributed by atoms with Crippen LogP contribution < -0.4 is 15.8 Å². The lowest BCUT2D eigenvalue weighted by Gasteiger charge is -2.44. The van der Waals surface area contributed by atoms with Gasteiger partial charge < -0.3 is 10.2 Å². The average molecular weight is 271 g/mol. The fourth-order valence-corrected chi connectivity index (χ4v) is 2.55. The Balaban J connectivity index is 2.45. The molecule has 18 heavy (non-hydrogen) atoms. The summed E-state index contributed by atoms with van der Waals surface area (Å²) in [5, 5.41) is 7.76. The quantitative estimate of drug-likeness (QED) is 0.875. The van der Waals surface area contributed by atoms with Crippen LogP contribution in [0.15, 0.2) is 11.0 Å². The van der Waals surface area contributed by atoms with E-state index in [0.29, 0.717) is 6.54 Å². The molecule has 1 aliphatic rings. The van der Waals surface area contributed by atoms with Crippen LogP contribution in [0.25, 0.3) is 0 Å². The lowest BCUT2D eigenvalue weighted by atomic mass is 9.99. The first kappa shape index (κ1) is 13.4. The van der Waals surface area contributed by atoms with E-state index < -0.39 is 0 Å². The van der Waals surface area contributed by atoms with Crippen LogP contribution in [-0.2, 0) is 6.54 Å². The first-order chi connectivity index (χ1) is 8.47. The van der Waals surface area contributed by atoms with Crippen molar-refractivity contribution >= 4 is 17.3 Å². The summed E-state index contributed by atoms with van der Waals surface area (Å²) in [5.74, 6) is 0. The number of nitrogens with one attached hydrogen (secondary N) is 1. The van der Waals surface area contributed by atoms with Gasteiger partial charge in [-0.1, -0.05) is 11.6 Å². The fourth-order valence-electron chi connectivity index (χ4n) is 2.30. The van der Waals surface area contributed by atoms with Crippen LogP contribution in [0.1, 0.15) is 20.8 Å². The minimum atomic E-state index is -0.217. The van der Waals surface area contributed by atoms with Crippen LogP contribution in [0.5, 0.6) is 0 Å². The maximum atomic E-state index is 12.0. The number of aromatic nitrogens is 2. The Morgan fingerprint density at radius 3 is 2.89 bits per heavy atom. The van der Waals surface area contributed by atoms with Gasteiger partial charge in [0.15, 0.2) is 0 Å². The molecular weight excluding hydrogens is 252 g/mol. The predicted octanol–water partition coefficient (Wildman–Crippen LogP) is 1.10. The van der Waals surface area contributed by atoms with E-state index >= 15 is 0 Å². The molecule has 6 heteroatoms. The summed E-state index contributed by atoms with van der Waals surface area (Å²) in [6.07, 6.45) is 1.69. The highest BCUT2D eigenvalue weighted by Crippen LogP contribution is 2.28. The first-order valence-corrected chi connectivity index (χ1v) is 6.59. The molecule has 1 aliphatic heterocycles. The molecule has 2 rings (SSSR count). The summed E-state index contributed by atoms with van der Waals surface area (Å²) in [4.78, 5) is 14.2. The number of hydrogen-bond acceptors (Lipinski definition) is 4. The van der Waals surface area contributed by atoms with Crippen molar-refractivity contribution in [3.05, 3.63) is 21.6 Å². The van der Waals surface area contributed by atoms with Gasteiger partial charge in [-0.05, 0) is 20.8 Å². The second kappa shape index (κ2) is 4.90. The molecule has 0 amide bonds. The van der Waals surface area contributed by atoms with E-state index in [-0.39, 0.29) is 16.1 Å². The van der Waals surface area contributed by atoms with Gasteiger partial charge in [0, 0.05) is 31.7 Å². The largest absolute Gasteiger partial charge is 0.361 e. The Bertz CT molecular complexity index is 497. The van der Waals surface area contributed by atoms with Crippen LogP contribution in [0.4, 0.5) is 5.69 Å². The first-order valence-electron chi connectivity index (χ1n) is 6.21. The van der Waals surface area contributed by atoms with Crippen LogP contribution in [0.3, 0.4) is 0 Å². The Morgan fingerprint density at radius 2 is 2.28 bits per heavy atom. The lowest BCUT2D eigenvalue weighted by Crippen LogP contribution is -2.58. The van der Waals surface area contributed by atoms with Gasteiger partial charge in [-0.2, -0.15) is 5.10 Å². The van der Waals surface area contributed by atoms with E-state index in [0.717, 1.165) is 25.3 Å². The molecule has 100 valence electrons. The molecule has 1 aromatic rings. The number of rotatable bonds is 2. The number of nitrogens with zero attached hydrogens (tertiary/aromatic N) is 3. The van der Waals surface area contributed by atoms with Gasteiger partial charge in [0.25, 0.3) is 5.56 Å². The van der Waals surface area contributed by atoms with Gasteiger partial charge in [-0.3, -0.25) is 4.79 Å². The summed E-state index contributed by atoms with van der Waals surface area (Å²) < 4.78 is 1.38. The molecule has 0 spiro atoms. The highest BCUT2D eigenvalue weighted by atomic mass is 35.5. The molecule has 1 saturated heterocycles. The summed E-state index contributed by atoms with van der Waals surface area (Å²) in [6.45, 7) is 9.23. The van der Waals surface area contributed by atoms with Crippen molar-refractivity contribution in [2.24, 2.45) is 0 Å². The lowest BCUT2D eigenvalue weighted by molar-refractivity contribution is 0.379. The normalized spacial score (nSPS) is 19.0. The maximum absolute atomic E-state index is 12.0. The molecule has 0 aliphatic carbocycles. The number of anilines is 1. The molecule has 1 N–H and O–H groups in total.